The molecule has 19 heavy (non-hydrogen) atoms. The van der Waals surface area contributed by atoms with E-state index in [-0.39, 0.29) is 11.6 Å². The summed E-state index contributed by atoms with van der Waals surface area (Å²) in [4.78, 5) is 0. The fourth-order valence-electron chi connectivity index (χ4n) is 1.74. The van der Waals surface area contributed by atoms with E-state index < -0.39 is 5.82 Å². The number of ether oxygens (including phenoxy) is 2. The highest BCUT2D eigenvalue weighted by atomic mass is 35.5. The molecule has 0 saturated heterocycles. The van der Waals surface area contributed by atoms with E-state index in [1.54, 1.807) is 25.3 Å². The predicted molar refractivity (Wildman–Crippen MR) is 73.8 cm³/mol. The largest absolute Gasteiger partial charge is 0.493 e. The van der Waals surface area contributed by atoms with Crippen molar-refractivity contribution in [2.24, 2.45) is 0 Å². The highest BCUT2D eigenvalue weighted by molar-refractivity contribution is 6.17. The van der Waals surface area contributed by atoms with Crippen molar-refractivity contribution < 1.29 is 13.9 Å². The maximum atomic E-state index is 13.8. The molecule has 0 aliphatic carbocycles. The number of aryl methyl sites for hydroxylation is 1. The molecule has 2 aromatic carbocycles. The fourth-order valence-corrected chi connectivity index (χ4v) is 1.95. The van der Waals surface area contributed by atoms with Crippen molar-refractivity contribution >= 4 is 11.6 Å². The Morgan fingerprint density at radius 3 is 2.63 bits per heavy atom. The van der Waals surface area contributed by atoms with E-state index in [2.05, 4.69) is 0 Å². The maximum absolute atomic E-state index is 13.8. The number of methoxy groups -OCH3 is 1. The second kappa shape index (κ2) is 5.93. The summed E-state index contributed by atoms with van der Waals surface area (Å²) in [6, 6.07) is 10.1. The average Bonchev–Trinajstić information content (AvgIpc) is 2.42. The molecule has 0 N–H and O–H groups in total. The molecule has 0 spiro atoms. The van der Waals surface area contributed by atoms with Gasteiger partial charge in [0.2, 0.25) is 0 Å². The molecule has 0 heterocycles. The Balaban J connectivity index is 2.41. The van der Waals surface area contributed by atoms with Crippen LogP contribution in [-0.4, -0.2) is 7.11 Å². The van der Waals surface area contributed by atoms with Gasteiger partial charge in [-0.15, -0.1) is 11.6 Å². The Hall–Kier alpha value is -1.74. The van der Waals surface area contributed by atoms with Crippen molar-refractivity contribution in [3.63, 3.8) is 0 Å². The Morgan fingerprint density at radius 2 is 1.95 bits per heavy atom. The smallest absolute Gasteiger partial charge is 0.169 e. The van der Waals surface area contributed by atoms with Gasteiger partial charge in [0, 0.05) is 5.56 Å². The van der Waals surface area contributed by atoms with E-state index in [0.717, 1.165) is 5.56 Å². The summed E-state index contributed by atoms with van der Waals surface area (Å²) in [6.07, 6.45) is 0. The van der Waals surface area contributed by atoms with E-state index in [1.165, 1.54) is 6.07 Å². The molecule has 4 heteroatoms. The fraction of sp³-hybridized carbons (Fsp3) is 0.200. The van der Waals surface area contributed by atoms with Crippen molar-refractivity contribution in [2.45, 2.75) is 12.8 Å². The van der Waals surface area contributed by atoms with E-state index in [0.29, 0.717) is 17.1 Å². The lowest BCUT2D eigenvalue weighted by Gasteiger charge is -2.13. The maximum Gasteiger partial charge on any atom is 0.169 e. The van der Waals surface area contributed by atoms with Crippen LogP contribution in [0.3, 0.4) is 0 Å². The van der Waals surface area contributed by atoms with Crippen molar-refractivity contribution in [3.8, 4) is 17.2 Å². The quantitative estimate of drug-likeness (QED) is 0.758. The number of benzene rings is 2. The Bertz CT molecular complexity index is 584. The Morgan fingerprint density at radius 1 is 1.16 bits per heavy atom. The van der Waals surface area contributed by atoms with E-state index in [1.807, 2.05) is 19.1 Å². The summed E-state index contributed by atoms with van der Waals surface area (Å²) in [5.74, 6) is 0.898. The van der Waals surface area contributed by atoms with Crippen LogP contribution in [0.2, 0.25) is 0 Å². The van der Waals surface area contributed by atoms with Crippen LogP contribution in [0.15, 0.2) is 36.4 Å². The monoisotopic (exact) mass is 280 g/mol. The molecule has 0 atom stereocenters. The minimum atomic E-state index is -0.444. The number of para-hydroxylation sites is 1. The van der Waals surface area contributed by atoms with Crippen LogP contribution in [0.4, 0.5) is 4.39 Å². The number of halogens is 2. The van der Waals surface area contributed by atoms with Gasteiger partial charge >= 0.3 is 0 Å². The van der Waals surface area contributed by atoms with Gasteiger partial charge in [-0.3, -0.25) is 0 Å². The highest BCUT2D eigenvalue weighted by Gasteiger charge is 2.13. The first kappa shape index (κ1) is 13.7. The van der Waals surface area contributed by atoms with Crippen molar-refractivity contribution in [2.75, 3.05) is 7.11 Å². The molecule has 0 aromatic heterocycles. The minimum absolute atomic E-state index is 0.139. The predicted octanol–water partition coefficient (Wildman–Crippen LogP) is 4.67. The van der Waals surface area contributed by atoms with Gasteiger partial charge < -0.3 is 9.47 Å². The summed E-state index contributed by atoms with van der Waals surface area (Å²) in [7, 11) is 1.55. The molecule has 100 valence electrons. The van der Waals surface area contributed by atoms with Gasteiger partial charge in [-0.25, -0.2) is 4.39 Å². The van der Waals surface area contributed by atoms with Crippen molar-refractivity contribution in [1.82, 2.24) is 0 Å². The zero-order valence-corrected chi connectivity index (χ0v) is 11.5. The van der Waals surface area contributed by atoms with Crippen LogP contribution >= 0.6 is 11.6 Å². The zero-order chi connectivity index (χ0) is 13.8. The van der Waals surface area contributed by atoms with Crippen LogP contribution in [0, 0.1) is 12.7 Å². The van der Waals surface area contributed by atoms with Gasteiger partial charge in [-0.05, 0) is 30.7 Å². The molecule has 0 bridgehead atoms. The third-order valence-electron chi connectivity index (χ3n) is 2.72. The van der Waals surface area contributed by atoms with Gasteiger partial charge in [-0.2, -0.15) is 0 Å². The second-order valence-electron chi connectivity index (χ2n) is 4.12. The average molecular weight is 281 g/mol. The first-order valence-corrected chi connectivity index (χ1v) is 6.35. The topological polar surface area (TPSA) is 18.5 Å². The van der Waals surface area contributed by atoms with E-state index in [9.17, 15) is 4.39 Å². The van der Waals surface area contributed by atoms with Gasteiger partial charge in [0.15, 0.2) is 23.1 Å². The Kier molecular flexibility index (Phi) is 4.27. The van der Waals surface area contributed by atoms with Gasteiger partial charge in [0.05, 0.1) is 13.0 Å². The van der Waals surface area contributed by atoms with Crippen LogP contribution in [0.1, 0.15) is 11.1 Å². The number of alkyl halides is 1. The van der Waals surface area contributed by atoms with Crippen LogP contribution in [-0.2, 0) is 5.88 Å². The van der Waals surface area contributed by atoms with Crippen molar-refractivity contribution in [1.29, 1.82) is 0 Å². The molecular weight excluding hydrogens is 267 g/mol. The number of rotatable bonds is 4. The molecule has 2 rings (SSSR count). The summed E-state index contributed by atoms with van der Waals surface area (Å²) < 4.78 is 24.7. The summed E-state index contributed by atoms with van der Waals surface area (Å²) >= 11 is 5.79. The summed E-state index contributed by atoms with van der Waals surface area (Å²) in [5, 5.41) is 0. The summed E-state index contributed by atoms with van der Waals surface area (Å²) in [6.45, 7) is 1.94. The third kappa shape index (κ3) is 2.99. The Labute approximate surface area is 116 Å². The number of hydrogen-bond acceptors (Lipinski definition) is 2. The van der Waals surface area contributed by atoms with Gasteiger partial charge in [0.1, 0.15) is 0 Å². The highest BCUT2D eigenvalue weighted by Crippen LogP contribution is 2.35. The first-order chi connectivity index (χ1) is 9.15. The van der Waals surface area contributed by atoms with E-state index in [4.69, 9.17) is 21.1 Å². The molecular formula is C15H14ClFO2. The molecule has 0 unspecified atom stereocenters. The zero-order valence-electron chi connectivity index (χ0n) is 10.7. The molecule has 2 aromatic rings. The standard InChI is InChI=1S/C15H14ClFO2/c1-10-6-7-13(14(8-10)18-2)19-15-11(9-16)4-3-5-12(15)17/h3-8H,9H2,1-2H3. The third-order valence-corrected chi connectivity index (χ3v) is 3.01. The van der Waals surface area contributed by atoms with Crippen molar-refractivity contribution in [3.05, 3.63) is 53.3 Å². The molecule has 0 amide bonds. The lowest BCUT2D eigenvalue weighted by molar-refractivity contribution is 0.369. The summed E-state index contributed by atoms with van der Waals surface area (Å²) in [5.41, 5.74) is 1.64. The SMILES string of the molecule is COc1cc(C)ccc1Oc1c(F)cccc1CCl. The molecule has 0 radical (unpaired) electrons. The molecule has 2 nitrogen and oxygen atoms in total. The van der Waals surface area contributed by atoms with Gasteiger partial charge in [-0.1, -0.05) is 18.2 Å². The first-order valence-electron chi connectivity index (χ1n) is 5.81. The molecule has 0 fully saturated rings. The second-order valence-corrected chi connectivity index (χ2v) is 4.39. The van der Waals surface area contributed by atoms with Crippen LogP contribution < -0.4 is 9.47 Å². The molecule has 0 aliphatic rings. The van der Waals surface area contributed by atoms with Crippen LogP contribution in [0.25, 0.3) is 0 Å². The lowest BCUT2D eigenvalue weighted by Crippen LogP contribution is -1.96. The molecule has 0 aliphatic heterocycles. The van der Waals surface area contributed by atoms with Gasteiger partial charge in [0.25, 0.3) is 0 Å². The van der Waals surface area contributed by atoms with Crippen LogP contribution in [0.5, 0.6) is 17.2 Å². The lowest BCUT2D eigenvalue weighted by atomic mass is 10.2. The molecule has 0 saturated carbocycles. The normalized spacial score (nSPS) is 10.3. The number of hydrogen-bond donors (Lipinski definition) is 0. The minimum Gasteiger partial charge on any atom is -0.493 e. The van der Waals surface area contributed by atoms with E-state index >= 15 is 0 Å².